The lowest BCUT2D eigenvalue weighted by Crippen LogP contribution is -2.34. The van der Waals surface area contributed by atoms with E-state index in [4.69, 9.17) is 4.74 Å². The van der Waals surface area contributed by atoms with Crippen molar-refractivity contribution >= 4 is 11.8 Å². The summed E-state index contributed by atoms with van der Waals surface area (Å²) in [6.45, 7) is 9.62. The van der Waals surface area contributed by atoms with Gasteiger partial charge >= 0.3 is 0 Å². The summed E-state index contributed by atoms with van der Waals surface area (Å²) < 4.78 is 5.67. The van der Waals surface area contributed by atoms with Crippen LogP contribution < -0.4 is 10.1 Å². The van der Waals surface area contributed by atoms with E-state index in [-0.39, 0.29) is 17.7 Å². The fourth-order valence-corrected chi connectivity index (χ4v) is 2.62. The Balaban J connectivity index is 2.06. The highest BCUT2D eigenvalue weighted by Gasteiger charge is 2.32. The lowest BCUT2D eigenvalue weighted by atomic mass is 10.1. The van der Waals surface area contributed by atoms with Gasteiger partial charge in [0.05, 0.1) is 11.5 Å². The maximum absolute atomic E-state index is 12.7. The van der Waals surface area contributed by atoms with Crippen LogP contribution in [0.5, 0.6) is 5.75 Å². The molecule has 1 saturated heterocycles. The molecule has 5 nitrogen and oxygen atoms in total. The average molecular weight is 316 g/mol. The SMILES string of the molecule is C=C(C)COc1ccccc1C(=O)N1CC[C@@H](C(=O)NCC)C1. The molecule has 0 aliphatic carbocycles. The number of carbonyl (C=O) groups is 2. The standard InChI is InChI=1S/C18H24N2O3/c1-4-19-17(21)14-9-10-20(11-14)18(22)15-7-5-6-8-16(15)23-12-13(2)3/h5-8,14H,2,4,9-12H2,1,3H3,(H,19,21)/t14-/m1/s1. The Morgan fingerprint density at radius 3 is 2.83 bits per heavy atom. The van der Waals surface area contributed by atoms with Gasteiger partial charge in [0.1, 0.15) is 12.4 Å². The second kappa shape index (κ2) is 7.81. The molecule has 0 spiro atoms. The van der Waals surface area contributed by atoms with Gasteiger partial charge in [0, 0.05) is 19.6 Å². The first kappa shape index (κ1) is 17.1. The molecular weight excluding hydrogens is 292 g/mol. The number of hydrogen-bond donors (Lipinski definition) is 1. The van der Waals surface area contributed by atoms with Crippen LogP contribution in [0.15, 0.2) is 36.4 Å². The van der Waals surface area contributed by atoms with Crippen molar-refractivity contribution in [2.75, 3.05) is 26.2 Å². The van der Waals surface area contributed by atoms with Gasteiger partial charge in [-0.2, -0.15) is 0 Å². The molecule has 1 aliphatic rings. The van der Waals surface area contributed by atoms with Crippen LogP contribution in [0.4, 0.5) is 0 Å². The van der Waals surface area contributed by atoms with E-state index < -0.39 is 0 Å². The van der Waals surface area contributed by atoms with Gasteiger partial charge in [-0.15, -0.1) is 0 Å². The van der Waals surface area contributed by atoms with E-state index >= 15 is 0 Å². The monoisotopic (exact) mass is 316 g/mol. The zero-order chi connectivity index (χ0) is 16.8. The van der Waals surface area contributed by atoms with Crippen LogP contribution in [0.3, 0.4) is 0 Å². The van der Waals surface area contributed by atoms with Gasteiger partial charge < -0.3 is 15.0 Å². The van der Waals surface area contributed by atoms with Crippen LogP contribution in [0.25, 0.3) is 0 Å². The number of hydrogen-bond acceptors (Lipinski definition) is 3. The van der Waals surface area contributed by atoms with E-state index in [2.05, 4.69) is 11.9 Å². The first-order valence-electron chi connectivity index (χ1n) is 7.96. The van der Waals surface area contributed by atoms with Crippen LogP contribution in [0, 0.1) is 5.92 Å². The Kier molecular flexibility index (Phi) is 5.79. The van der Waals surface area contributed by atoms with Gasteiger partial charge in [0.25, 0.3) is 5.91 Å². The predicted octanol–water partition coefficient (Wildman–Crippen LogP) is 2.24. The molecule has 1 heterocycles. The Morgan fingerprint density at radius 2 is 2.13 bits per heavy atom. The van der Waals surface area contributed by atoms with Crippen molar-refractivity contribution in [1.82, 2.24) is 10.2 Å². The summed E-state index contributed by atoms with van der Waals surface area (Å²) in [5.74, 6) is 0.369. The minimum absolute atomic E-state index is 0.0228. The van der Waals surface area contributed by atoms with Gasteiger partial charge in [-0.1, -0.05) is 18.7 Å². The van der Waals surface area contributed by atoms with E-state index in [0.29, 0.717) is 44.0 Å². The van der Waals surface area contributed by atoms with Crippen LogP contribution >= 0.6 is 0 Å². The number of nitrogens with one attached hydrogen (secondary N) is 1. The van der Waals surface area contributed by atoms with Gasteiger partial charge in [-0.3, -0.25) is 9.59 Å². The van der Waals surface area contributed by atoms with Crippen molar-refractivity contribution in [3.8, 4) is 5.75 Å². The van der Waals surface area contributed by atoms with Gasteiger partial charge in [-0.05, 0) is 38.0 Å². The summed E-state index contributed by atoms with van der Waals surface area (Å²) in [6.07, 6.45) is 0.701. The molecule has 2 amide bonds. The highest BCUT2D eigenvalue weighted by Crippen LogP contribution is 2.24. The van der Waals surface area contributed by atoms with Crippen LogP contribution in [-0.2, 0) is 4.79 Å². The number of amides is 2. The molecule has 0 radical (unpaired) electrons. The number of benzene rings is 1. The van der Waals surface area contributed by atoms with Gasteiger partial charge in [0.2, 0.25) is 5.91 Å². The highest BCUT2D eigenvalue weighted by molar-refractivity contribution is 5.97. The van der Waals surface area contributed by atoms with E-state index in [0.717, 1.165) is 5.57 Å². The summed E-state index contributed by atoms with van der Waals surface area (Å²) in [5, 5.41) is 2.82. The van der Waals surface area contributed by atoms with Crippen molar-refractivity contribution in [3.05, 3.63) is 42.0 Å². The molecule has 1 aliphatic heterocycles. The zero-order valence-electron chi connectivity index (χ0n) is 13.8. The van der Waals surface area contributed by atoms with Gasteiger partial charge in [0.15, 0.2) is 0 Å². The lowest BCUT2D eigenvalue weighted by molar-refractivity contribution is -0.124. The molecule has 124 valence electrons. The molecule has 1 atom stereocenters. The largest absolute Gasteiger partial charge is 0.488 e. The van der Waals surface area contributed by atoms with Crippen molar-refractivity contribution in [1.29, 1.82) is 0 Å². The van der Waals surface area contributed by atoms with Crippen molar-refractivity contribution in [3.63, 3.8) is 0 Å². The van der Waals surface area contributed by atoms with Crippen LogP contribution in [0.2, 0.25) is 0 Å². The third kappa shape index (κ3) is 4.34. The summed E-state index contributed by atoms with van der Waals surface area (Å²) in [7, 11) is 0. The average Bonchev–Trinajstić information content (AvgIpc) is 3.03. The second-order valence-electron chi connectivity index (χ2n) is 5.87. The Labute approximate surface area is 137 Å². The minimum Gasteiger partial charge on any atom is -0.488 e. The fraction of sp³-hybridized carbons (Fsp3) is 0.444. The highest BCUT2D eigenvalue weighted by atomic mass is 16.5. The number of nitrogens with zero attached hydrogens (tertiary/aromatic N) is 1. The minimum atomic E-state index is -0.123. The maximum Gasteiger partial charge on any atom is 0.257 e. The Morgan fingerprint density at radius 1 is 1.39 bits per heavy atom. The zero-order valence-corrected chi connectivity index (χ0v) is 13.8. The lowest BCUT2D eigenvalue weighted by Gasteiger charge is -2.18. The molecule has 0 unspecified atom stereocenters. The molecule has 0 aromatic heterocycles. The molecule has 0 saturated carbocycles. The molecule has 2 rings (SSSR count). The molecule has 1 aromatic rings. The molecule has 1 aromatic carbocycles. The number of rotatable bonds is 6. The number of para-hydroxylation sites is 1. The molecule has 23 heavy (non-hydrogen) atoms. The Bertz CT molecular complexity index is 598. The molecule has 1 N–H and O–H groups in total. The fourth-order valence-electron chi connectivity index (χ4n) is 2.62. The molecule has 0 bridgehead atoms. The number of likely N-dealkylation sites (tertiary alicyclic amines) is 1. The maximum atomic E-state index is 12.7. The number of ether oxygens (including phenoxy) is 1. The van der Waals surface area contributed by atoms with Crippen LogP contribution in [0.1, 0.15) is 30.6 Å². The van der Waals surface area contributed by atoms with Crippen LogP contribution in [-0.4, -0.2) is 43.0 Å². The molecular formula is C18H24N2O3. The van der Waals surface area contributed by atoms with E-state index in [1.165, 1.54) is 0 Å². The first-order valence-corrected chi connectivity index (χ1v) is 7.96. The molecule has 1 fully saturated rings. The van der Waals surface area contributed by atoms with Crippen molar-refractivity contribution in [2.45, 2.75) is 20.3 Å². The third-order valence-electron chi connectivity index (χ3n) is 3.79. The van der Waals surface area contributed by atoms with Gasteiger partial charge in [-0.25, -0.2) is 0 Å². The van der Waals surface area contributed by atoms with E-state index in [1.54, 1.807) is 17.0 Å². The van der Waals surface area contributed by atoms with E-state index in [9.17, 15) is 9.59 Å². The quantitative estimate of drug-likeness (QED) is 0.819. The topological polar surface area (TPSA) is 58.6 Å². The van der Waals surface area contributed by atoms with Crippen molar-refractivity contribution in [2.24, 2.45) is 5.92 Å². The van der Waals surface area contributed by atoms with E-state index in [1.807, 2.05) is 26.0 Å². The van der Waals surface area contributed by atoms with Crippen molar-refractivity contribution < 1.29 is 14.3 Å². The smallest absolute Gasteiger partial charge is 0.257 e. The predicted molar refractivity (Wildman–Crippen MR) is 89.4 cm³/mol. The second-order valence-corrected chi connectivity index (χ2v) is 5.87. The summed E-state index contributed by atoms with van der Waals surface area (Å²) in [4.78, 5) is 26.4. The normalized spacial score (nSPS) is 17.0. The third-order valence-corrected chi connectivity index (χ3v) is 3.79. The summed E-state index contributed by atoms with van der Waals surface area (Å²) in [5.41, 5.74) is 1.43. The number of carbonyl (C=O) groups excluding carboxylic acids is 2. The Hall–Kier alpha value is -2.30. The summed E-state index contributed by atoms with van der Waals surface area (Å²) >= 11 is 0. The summed E-state index contributed by atoms with van der Waals surface area (Å²) in [6, 6.07) is 7.20. The molecule has 5 heteroatoms. The first-order chi connectivity index (χ1) is 11.0.